The van der Waals surface area contributed by atoms with E-state index in [1.165, 1.54) is 23.6 Å². The van der Waals surface area contributed by atoms with Crippen LogP contribution in [0.25, 0.3) is 10.6 Å². The van der Waals surface area contributed by atoms with Crippen LogP contribution in [0.15, 0.2) is 23.6 Å². The Morgan fingerprint density at radius 2 is 2.04 bits per heavy atom. The zero-order chi connectivity index (χ0) is 16.6. The van der Waals surface area contributed by atoms with E-state index < -0.39 is 11.6 Å². The van der Waals surface area contributed by atoms with E-state index in [1.54, 1.807) is 4.90 Å². The van der Waals surface area contributed by atoms with Gasteiger partial charge in [-0.2, -0.15) is 0 Å². The molecule has 3 rings (SSSR count). The monoisotopic (exact) mass is 338 g/mol. The molecule has 1 aromatic carbocycles. The second-order valence-electron chi connectivity index (χ2n) is 5.59. The summed E-state index contributed by atoms with van der Waals surface area (Å²) in [7, 11) is 0. The van der Waals surface area contributed by atoms with E-state index in [1.807, 2.05) is 13.8 Å². The molecule has 1 aliphatic heterocycles. The highest BCUT2D eigenvalue weighted by atomic mass is 32.1. The van der Waals surface area contributed by atoms with Gasteiger partial charge in [0.15, 0.2) is 0 Å². The third kappa shape index (κ3) is 3.11. The molecule has 0 saturated carbocycles. The standard InChI is InChI=1S/C16H16F2N2O2S/c1-9-7-22-10(2)6-20(9)16(21)13-8-23-15(19-13)14-11(17)4-3-5-12(14)18/h3-5,8-10H,6-7H2,1-2H3/t9-,10-/m1/s1. The summed E-state index contributed by atoms with van der Waals surface area (Å²) in [4.78, 5) is 18.4. The molecule has 1 fully saturated rings. The molecule has 0 unspecified atom stereocenters. The van der Waals surface area contributed by atoms with Gasteiger partial charge in [-0.15, -0.1) is 11.3 Å². The van der Waals surface area contributed by atoms with Gasteiger partial charge in [0.25, 0.3) is 5.91 Å². The van der Waals surface area contributed by atoms with Crippen molar-refractivity contribution in [2.24, 2.45) is 0 Å². The number of hydrogen-bond acceptors (Lipinski definition) is 4. The fourth-order valence-corrected chi connectivity index (χ4v) is 3.36. The maximum absolute atomic E-state index is 13.8. The fraction of sp³-hybridized carbons (Fsp3) is 0.375. The first-order valence-electron chi connectivity index (χ1n) is 7.30. The van der Waals surface area contributed by atoms with Crippen LogP contribution in [0.5, 0.6) is 0 Å². The SMILES string of the molecule is C[C@@H]1CN(C(=O)c2csc(-c3c(F)cccc3F)n2)[C@H](C)CO1. The molecule has 1 aliphatic rings. The Kier molecular flexibility index (Phi) is 4.41. The fourth-order valence-electron chi connectivity index (χ4n) is 2.52. The predicted octanol–water partition coefficient (Wildman–Crippen LogP) is 3.34. The van der Waals surface area contributed by atoms with E-state index in [0.29, 0.717) is 13.2 Å². The van der Waals surface area contributed by atoms with Crippen molar-refractivity contribution < 1.29 is 18.3 Å². The number of nitrogens with zero attached hydrogens (tertiary/aromatic N) is 2. The predicted molar refractivity (Wildman–Crippen MR) is 83.4 cm³/mol. The summed E-state index contributed by atoms with van der Waals surface area (Å²) in [6.07, 6.45) is -0.0442. The molecule has 23 heavy (non-hydrogen) atoms. The first-order chi connectivity index (χ1) is 11.0. The molecule has 2 heterocycles. The lowest BCUT2D eigenvalue weighted by Gasteiger charge is -2.36. The summed E-state index contributed by atoms with van der Waals surface area (Å²) in [6.45, 7) is 4.73. The number of halogens is 2. The van der Waals surface area contributed by atoms with Crippen molar-refractivity contribution in [1.82, 2.24) is 9.88 Å². The van der Waals surface area contributed by atoms with Gasteiger partial charge in [-0.3, -0.25) is 4.79 Å². The minimum Gasteiger partial charge on any atom is -0.375 e. The molecule has 7 heteroatoms. The molecule has 2 atom stereocenters. The molecule has 0 aliphatic carbocycles. The number of morpholine rings is 1. The smallest absolute Gasteiger partial charge is 0.273 e. The van der Waals surface area contributed by atoms with Gasteiger partial charge in [0.2, 0.25) is 0 Å². The molecule has 0 N–H and O–H groups in total. The molecule has 1 aromatic heterocycles. The number of amides is 1. The summed E-state index contributed by atoms with van der Waals surface area (Å²) in [6, 6.07) is 3.58. The molecule has 0 spiro atoms. The molecule has 0 radical (unpaired) electrons. The van der Waals surface area contributed by atoms with Crippen molar-refractivity contribution in [3.63, 3.8) is 0 Å². The van der Waals surface area contributed by atoms with Crippen LogP contribution in [0.4, 0.5) is 8.78 Å². The Balaban J connectivity index is 1.88. The summed E-state index contributed by atoms with van der Waals surface area (Å²) in [5, 5.41) is 1.70. The molecule has 2 aromatic rings. The summed E-state index contributed by atoms with van der Waals surface area (Å²) in [5.41, 5.74) is 0.00791. The van der Waals surface area contributed by atoms with Crippen LogP contribution < -0.4 is 0 Å². The Bertz CT molecular complexity index is 714. The van der Waals surface area contributed by atoms with Crippen LogP contribution in [-0.2, 0) is 4.74 Å². The quantitative estimate of drug-likeness (QED) is 0.843. The first kappa shape index (κ1) is 16.0. The molecule has 1 saturated heterocycles. The van der Waals surface area contributed by atoms with Gasteiger partial charge in [-0.05, 0) is 26.0 Å². The van der Waals surface area contributed by atoms with E-state index >= 15 is 0 Å². The lowest BCUT2D eigenvalue weighted by atomic mass is 10.2. The van der Waals surface area contributed by atoms with Crippen molar-refractivity contribution in [2.75, 3.05) is 13.2 Å². The van der Waals surface area contributed by atoms with E-state index in [9.17, 15) is 13.6 Å². The second-order valence-corrected chi connectivity index (χ2v) is 6.44. The summed E-state index contributed by atoms with van der Waals surface area (Å²) >= 11 is 1.06. The van der Waals surface area contributed by atoms with Crippen molar-refractivity contribution in [3.8, 4) is 10.6 Å². The van der Waals surface area contributed by atoms with Gasteiger partial charge in [-0.25, -0.2) is 13.8 Å². The van der Waals surface area contributed by atoms with Crippen molar-refractivity contribution >= 4 is 17.2 Å². The summed E-state index contributed by atoms with van der Waals surface area (Å²) < 4.78 is 33.2. The topological polar surface area (TPSA) is 42.4 Å². The third-order valence-corrected chi connectivity index (χ3v) is 4.63. The van der Waals surface area contributed by atoms with Gasteiger partial charge in [0, 0.05) is 11.9 Å². The van der Waals surface area contributed by atoms with E-state index in [4.69, 9.17) is 4.74 Å². The van der Waals surface area contributed by atoms with Crippen molar-refractivity contribution in [1.29, 1.82) is 0 Å². The van der Waals surface area contributed by atoms with Gasteiger partial charge in [-0.1, -0.05) is 6.07 Å². The van der Waals surface area contributed by atoms with Crippen molar-refractivity contribution in [2.45, 2.75) is 26.0 Å². The highest BCUT2D eigenvalue weighted by molar-refractivity contribution is 7.13. The maximum atomic E-state index is 13.8. The van der Waals surface area contributed by atoms with E-state index in [2.05, 4.69) is 4.98 Å². The lowest BCUT2D eigenvalue weighted by Crippen LogP contribution is -2.50. The molecule has 1 amide bonds. The average Bonchev–Trinajstić information content (AvgIpc) is 2.98. The minimum atomic E-state index is -0.688. The van der Waals surface area contributed by atoms with E-state index in [-0.39, 0.29) is 34.3 Å². The van der Waals surface area contributed by atoms with Crippen LogP contribution in [0, 0.1) is 11.6 Å². The molecule has 0 bridgehead atoms. The van der Waals surface area contributed by atoms with Gasteiger partial charge in [0.05, 0.1) is 24.3 Å². The van der Waals surface area contributed by atoms with Gasteiger partial charge >= 0.3 is 0 Å². The van der Waals surface area contributed by atoms with Crippen LogP contribution >= 0.6 is 11.3 Å². The number of carbonyl (C=O) groups excluding carboxylic acids is 1. The highest BCUT2D eigenvalue weighted by Crippen LogP contribution is 2.29. The van der Waals surface area contributed by atoms with Crippen LogP contribution in [0.3, 0.4) is 0 Å². The number of aromatic nitrogens is 1. The summed E-state index contributed by atoms with van der Waals surface area (Å²) in [5.74, 6) is -1.62. The number of thiazole rings is 1. The molecule has 4 nitrogen and oxygen atoms in total. The normalized spacial score (nSPS) is 21.5. The second kappa shape index (κ2) is 6.33. The number of rotatable bonds is 2. The van der Waals surface area contributed by atoms with Crippen LogP contribution in [-0.4, -0.2) is 41.1 Å². The first-order valence-corrected chi connectivity index (χ1v) is 8.18. The number of carbonyl (C=O) groups is 1. The van der Waals surface area contributed by atoms with Gasteiger partial charge < -0.3 is 9.64 Å². The Morgan fingerprint density at radius 3 is 2.74 bits per heavy atom. The molecular weight excluding hydrogens is 322 g/mol. The Hall–Kier alpha value is -1.86. The zero-order valence-electron chi connectivity index (χ0n) is 12.8. The van der Waals surface area contributed by atoms with E-state index in [0.717, 1.165) is 11.3 Å². The van der Waals surface area contributed by atoms with Crippen molar-refractivity contribution in [3.05, 3.63) is 40.9 Å². The highest BCUT2D eigenvalue weighted by Gasteiger charge is 2.30. The molecule has 122 valence electrons. The number of ether oxygens (including phenoxy) is 1. The third-order valence-electron chi connectivity index (χ3n) is 3.77. The number of hydrogen-bond donors (Lipinski definition) is 0. The van der Waals surface area contributed by atoms with Gasteiger partial charge in [0.1, 0.15) is 22.3 Å². The molecular formula is C16H16F2N2O2S. The lowest BCUT2D eigenvalue weighted by molar-refractivity contribution is -0.0388. The average molecular weight is 338 g/mol. The minimum absolute atomic E-state index is 0.0442. The zero-order valence-corrected chi connectivity index (χ0v) is 13.6. The number of benzene rings is 1. The Morgan fingerprint density at radius 1 is 1.35 bits per heavy atom. The Labute approximate surface area is 136 Å². The van der Waals surface area contributed by atoms with Crippen LogP contribution in [0.1, 0.15) is 24.3 Å². The largest absolute Gasteiger partial charge is 0.375 e. The maximum Gasteiger partial charge on any atom is 0.273 e. The van der Waals surface area contributed by atoms with Crippen LogP contribution in [0.2, 0.25) is 0 Å².